The van der Waals surface area contributed by atoms with Gasteiger partial charge in [0.05, 0.1) is 0 Å². The second kappa shape index (κ2) is 10.1. The summed E-state index contributed by atoms with van der Waals surface area (Å²) < 4.78 is 5.71. The van der Waals surface area contributed by atoms with Gasteiger partial charge in [-0.25, -0.2) is 4.79 Å². The summed E-state index contributed by atoms with van der Waals surface area (Å²) in [6.45, 7) is 17.6. The molecule has 0 spiro atoms. The van der Waals surface area contributed by atoms with Crippen LogP contribution >= 0.6 is 11.8 Å². The summed E-state index contributed by atoms with van der Waals surface area (Å²) in [6.07, 6.45) is -0.545. The number of carbonyl (C=O) groups excluding carboxylic acids is 2. The van der Waals surface area contributed by atoms with Crippen molar-refractivity contribution >= 4 is 35.1 Å². The Morgan fingerprint density at radius 2 is 1.49 bits per heavy atom. The van der Waals surface area contributed by atoms with Gasteiger partial charge in [-0.15, -0.1) is 11.8 Å². The number of rotatable bonds is 3. The molecule has 8 heteroatoms. The van der Waals surface area contributed by atoms with Crippen LogP contribution in [0, 0.1) is 0 Å². The van der Waals surface area contributed by atoms with E-state index >= 15 is 0 Å². The number of aromatic hydroxyl groups is 1. The van der Waals surface area contributed by atoms with Crippen LogP contribution in [-0.4, -0.2) is 39.4 Å². The number of benzene rings is 2. The number of anilines is 2. The number of thioether (sulfide) groups is 1. The molecule has 0 saturated carbocycles. The van der Waals surface area contributed by atoms with Crippen LogP contribution in [0.25, 0.3) is 0 Å². The van der Waals surface area contributed by atoms with Crippen molar-refractivity contribution in [2.24, 2.45) is 0 Å². The van der Waals surface area contributed by atoms with Crippen molar-refractivity contribution in [3.63, 3.8) is 0 Å². The lowest BCUT2D eigenvalue weighted by molar-refractivity contribution is -0.120. The van der Waals surface area contributed by atoms with Crippen LogP contribution in [-0.2, 0) is 20.4 Å². The zero-order valence-corrected chi connectivity index (χ0v) is 24.2. The quantitative estimate of drug-likeness (QED) is 0.308. The summed E-state index contributed by atoms with van der Waals surface area (Å²) >= 11 is 1.51. The Labute approximate surface area is 225 Å². The highest BCUT2D eigenvalue weighted by Crippen LogP contribution is 2.44. The maximum Gasteiger partial charge on any atom is 0.412 e. The Morgan fingerprint density at radius 1 is 0.973 bits per heavy atom. The number of nitrogens with zero attached hydrogens (tertiary/aromatic N) is 1. The Balaban J connectivity index is 1.98. The van der Waals surface area contributed by atoms with E-state index < -0.39 is 17.7 Å². The fourth-order valence-corrected chi connectivity index (χ4v) is 5.66. The molecule has 202 valence electrons. The largest absolute Gasteiger partial charge is 0.507 e. The molecule has 4 N–H and O–H groups in total. The number of amides is 2. The molecule has 2 amide bonds. The first-order valence-corrected chi connectivity index (χ1v) is 13.6. The van der Waals surface area contributed by atoms with Crippen LogP contribution < -0.4 is 11.1 Å². The summed E-state index contributed by atoms with van der Waals surface area (Å²) in [7, 11) is 0. The Hall–Kier alpha value is -2.87. The summed E-state index contributed by atoms with van der Waals surface area (Å²) in [5.41, 5.74) is 8.06. The average molecular weight is 528 g/mol. The van der Waals surface area contributed by atoms with Gasteiger partial charge in [0, 0.05) is 28.3 Å². The Kier molecular flexibility index (Phi) is 7.85. The van der Waals surface area contributed by atoms with Crippen molar-refractivity contribution in [2.75, 3.05) is 16.8 Å². The van der Waals surface area contributed by atoms with E-state index in [9.17, 15) is 14.7 Å². The minimum atomic E-state index is -0.743. The van der Waals surface area contributed by atoms with Crippen molar-refractivity contribution in [3.8, 4) is 5.75 Å². The van der Waals surface area contributed by atoms with Crippen molar-refractivity contribution < 1.29 is 19.4 Å². The molecule has 2 atom stereocenters. The Morgan fingerprint density at radius 3 is 1.95 bits per heavy atom. The first-order valence-electron chi connectivity index (χ1n) is 12.6. The first kappa shape index (κ1) is 28.7. The van der Waals surface area contributed by atoms with Gasteiger partial charge in [-0.1, -0.05) is 53.7 Å². The molecule has 1 heterocycles. The second-order valence-electron chi connectivity index (χ2n) is 12.7. The summed E-state index contributed by atoms with van der Waals surface area (Å²) in [6, 6.07) is 10.2. The number of carbonyl (C=O) groups is 2. The van der Waals surface area contributed by atoms with Crippen LogP contribution in [0.4, 0.5) is 16.2 Å². The Bertz CT molecular complexity index is 1120. The molecule has 1 saturated heterocycles. The molecule has 37 heavy (non-hydrogen) atoms. The molecule has 0 aromatic heterocycles. The number of nitrogen functional groups attached to an aromatic ring is 1. The lowest BCUT2D eigenvalue weighted by atomic mass is 9.79. The van der Waals surface area contributed by atoms with Gasteiger partial charge in [0.2, 0.25) is 5.91 Å². The van der Waals surface area contributed by atoms with Crippen LogP contribution in [0.3, 0.4) is 0 Å². The third-order valence-corrected chi connectivity index (χ3v) is 7.45. The predicted molar refractivity (Wildman–Crippen MR) is 152 cm³/mol. The molecule has 1 fully saturated rings. The van der Waals surface area contributed by atoms with Crippen LogP contribution in [0.15, 0.2) is 36.4 Å². The van der Waals surface area contributed by atoms with E-state index in [0.29, 0.717) is 17.1 Å². The van der Waals surface area contributed by atoms with Gasteiger partial charge in [-0.2, -0.15) is 0 Å². The van der Waals surface area contributed by atoms with Gasteiger partial charge >= 0.3 is 6.09 Å². The van der Waals surface area contributed by atoms with Gasteiger partial charge in [0.25, 0.3) is 0 Å². The molecule has 3 rings (SSSR count). The fourth-order valence-electron chi connectivity index (χ4n) is 4.24. The lowest BCUT2D eigenvalue weighted by Gasteiger charge is -2.32. The second-order valence-corrected chi connectivity index (χ2v) is 13.8. The molecule has 1 unspecified atom stereocenters. The normalized spacial score (nSPS) is 18.6. The van der Waals surface area contributed by atoms with Gasteiger partial charge in [-0.05, 0) is 61.4 Å². The average Bonchev–Trinajstić information content (AvgIpc) is 3.18. The standard InChI is InChI=1S/C29H41N3O4S/c1-27(2,3)20-14-19(15-21(23(20)33)28(4,5)6)31-24(34)22-16-37-25(17-10-12-18(30)13-11-17)32(22)26(35)36-29(7,8)9/h10-15,22,25,33H,16,30H2,1-9H3,(H,31,34)/t22-,25?/m0/s1. The molecular weight excluding hydrogens is 486 g/mol. The fraction of sp³-hybridized carbons (Fsp3) is 0.517. The highest BCUT2D eigenvalue weighted by atomic mass is 32.2. The number of ether oxygens (including phenoxy) is 1. The molecule has 2 aromatic carbocycles. The zero-order valence-electron chi connectivity index (χ0n) is 23.4. The predicted octanol–water partition coefficient (Wildman–Crippen LogP) is 6.56. The highest BCUT2D eigenvalue weighted by molar-refractivity contribution is 7.99. The number of nitrogens with one attached hydrogen (secondary N) is 1. The minimum Gasteiger partial charge on any atom is -0.507 e. The van der Waals surface area contributed by atoms with E-state index in [0.717, 1.165) is 16.7 Å². The lowest BCUT2D eigenvalue weighted by Crippen LogP contribution is -2.47. The number of phenolic OH excluding ortho intramolecular Hbond substituents is 1. The number of hydrogen-bond donors (Lipinski definition) is 3. The van der Waals surface area contributed by atoms with Crippen molar-refractivity contribution in [3.05, 3.63) is 53.1 Å². The smallest absolute Gasteiger partial charge is 0.412 e. The highest BCUT2D eigenvalue weighted by Gasteiger charge is 2.44. The van der Waals surface area contributed by atoms with Crippen LogP contribution in [0.1, 0.15) is 84.4 Å². The van der Waals surface area contributed by atoms with E-state index in [1.54, 1.807) is 32.9 Å². The molecule has 7 nitrogen and oxygen atoms in total. The molecule has 0 bridgehead atoms. The van der Waals surface area contributed by atoms with E-state index in [1.807, 2.05) is 65.8 Å². The van der Waals surface area contributed by atoms with E-state index in [2.05, 4.69) is 5.32 Å². The molecule has 1 aliphatic rings. The molecular formula is C29H41N3O4S. The van der Waals surface area contributed by atoms with E-state index in [-0.39, 0.29) is 27.9 Å². The van der Waals surface area contributed by atoms with Crippen LogP contribution in [0.5, 0.6) is 5.75 Å². The maximum absolute atomic E-state index is 13.7. The third-order valence-electron chi connectivity index (χ3n) is 6.12. The van der Waals surface area contributed by atoms with Gasteiger partial charge in [0.1, 0.15) is 22.8 Å². The molecule has 2 aromatic rings. The van der Waals surface area contributed by atoms with E-state index in [1.165, 1.54) is 16.7 Å². The van der Waals surface area contributed by atoms with Crippen molar-refractivity contribution in [1.82, 2.24) is 4.90 Å². The van der Waals surface area contributed by atoms with Crippen LogP contribution in [0.2, 0.25) is 0 Å². The first-order chi connectivity index (χ1) is 16.9. The summed E-state index contributed by atoms with van der Waals surface area (Å²) in [5, 5.41) is 13.7. The van der Waals surface area contributed by atoms with Gasteiger partial charge in [0.15, 0.2) is 0 Å². The van der Waals surface area contributed by atoms with E-state index in [4.69, 9.17) is 10.5 Å². The molecule has 1 aliphatic heterocycles. The molecule has 0 radical (unpaired) electrons. The monoisotopic (exact) mass is 527 g/mol. The topological polar surface area (TPSA) is 105 Å². The minimum absolute atomic E-state index is 0.244. The third kappa shape index (κ3) is 6.72. The summed E-state index contributed by atoms with van der Waals surface area (Å²) in [4.78, 5) is 28.5. The number of hydrogen-bond acceptors (Lipinski definition) is 6. The van der Waals surface area contributed by atoms with Gasteiger partial charge in [-0.3, -0.25) is 9.69 Å². The maximum atomic E-state index is 13.7. The van der Waals surface area contributed by atoms with Gasteiger partial charge < -0.3 is 20.9 Å². The SMILES string of the molecule is CC(C)(C)OC(=O)N1C(c2ccc(N)cc2)SC[C@H]1C(=O)Nc1cc(C(C)(C)C)c(O)c(C(C)(C)C)c1. The summed E-state index contributed by atoms with van der Waals surface area (Å²) in [5.74, 6) is 0.353. The number of phenols is 1. The van der Waals surface area contributed by atoms with Crippen molar-refractivity contribution in [1.29, 1.82) is 0 Å². The van der Waals surface area contributed by atoms with Crippen molar-refractivity contribution in [2.45, 2.75) is 90.2 Å². The molecule has 0 aliphatic carbocycles. The zero-order chi connectivity index (χ0) is 27.9. The number of nitrogens with two attached hydrogens (primary N) is 1.